The van der Waals surface area contributed by atoms with Gasteiger partial charge in [-0.05, 0) is 35.4 Å². The molecule has 0 N–H and O–H groups in total. The fourth-order valence-corrected chi connectivity index (χ4v) is 5.67. The summed E-state index contributed by atoms with van der Waals surface area (Å²) in [6, 6.07) is 21.5. The van der Waals surface area contributed by atoms with Gasteiger partial charge in [0, 0.05) is 0 Å². The molecule has 0 saturated carbocycles. The number of rotatable bonds is 2. The molecule has 0 aromatic heterocycles. The summed E-state index contributed by atoms with van der Waals surface area (Å²) < 4.78 is 2.25. The molecular formula is C36H42Cl2Zr-2. The molecule has 2 aliphatic rings. The van der Waals surface area contributed by atoms with E-state index in [9.17, 15) is 0 Å². The predicted molar refractivity (Wildman–Crippen MR) is 158 cm³/mol. The van der Waals surface area contributed by atoms with Gasteiger partial charge < -0.3 is 24.8 Å². The SMILES string of the molecule is Cc1[c-]c2c(cc1C(C)(C)C)-c1cc(C(C)(C)C)c(C)cc1C2.[C-]1=CC=CC1.[Cl-].[Cl-].[Zr+2]=[CH]Cc1ccccc1. The van der Waals surface area contributed by atoms with Crippen LogP contribution < -0.4 is 24.8 Å². The van der Waals surface area contributed by atoms with Gasteiger partial charge >= 0.3 is 70.3 Å². The summed E-state index contributed by atoms with van der Waals surface area (Å²) in [4.78, 5) is 0. The van der Waals surface area contributed by atoms with E-state index in [1.54, 1.807) is 0 Å². The van der Waals surface area contributed by atoms with Crippen molar-refractivity contribution in [3.05, 3.63) is 118 Å². The molecule has 0 fully saturated rings. The summed E-state index contributed by atoms with van der Waals surface area (Å²) >= 11 is 1.51. The standard InChI is InChI=1S/C23H29.C8H8.C5H5.2ClH.Zr/c1-14-9-16-11-17-10-15(2)21(23(6,7)8)13-19(17)18(16)12-20(14)22(3,4)5;1-2-8-6-4-3-5-7-8;1-2-4-5-3-1;;;/h9,12-13H,11H2,1-8H3;1,3-7H,2H2;1-3H,4H2;2*1H;/q-1;;-1;;;+2/p-2. The molecule has 0 heterocycles. The van der Waals surface area contributed by atoms with Crippen molar-refractivity contribution < 1.29 is 49.0 Å². The average molecular weight is 637 g/mol. The zero-order valence-corrected chi connectivity index (χ0v) is 28.8. The molecule has 3 heteroatoms. The molecule has 206 valence electrons. The van der Waals surface area contributed by atoms with Crippen LogP contribution in [-0.4, -0.2) is 3.71 Å². The molecule has 0 nitrogen and oxygen atoms in total. The van der Waals surface area contributed by atoms with Crippen molar-refractivity contribution in [1.82, 2.24) is 0 Å². The molecule has 0 radical (unpaired) electrons. The topological polar surface area (TPSA) is 0 Å². The number of benzene rings is 3. The third-order valence-electron chi connectivity index (χ3n) is 6.85. The third kappa shape index (κ3) is 9.81. The van der Waals surface area contributed by atoms with E-state index < -0.39 is 0 Å². The van der Waals surface area contributed by atoms with Gasteiger partial charge in [0.2, 0.25) is 0 Å². The van der Waals surface area contributed by atoms with Crippen LogP contribution in [0.3, 0.4) is 0 Å². The van der Waals surface area contributed by atoms with Crippen LogP contribution in [0.1, 0.15) is 86.9 Å². The molecule has 0 spiro atoms. The molecular weight excluding hydrogens is 595 g/mol. The van der Waals surface area contributed by atoms with Gasteiger partial charge in [0.1, 0.15) is 0 Å². The van der Waals surface area contributed by atoms with Crippen LogP contribution in [0, 0.1) is 26.0 Å². The van der Waals surface area contributed by atoms with Crippen molar-refractivity contribution in [3.63, 3.8) is 0 Å². The summed E-state index contributed by atoms with van der Waals surface area (Å²) in [6.45, 7) is 18.2. The normalized spacial score (nSPS) is 12.6. The fourth-order valence-electron chi connectivity index (χ4n) is 5.09. The molecule has 2 aliphatic carbocycles. The Bertz CT molecular complexity index is 1210. The van der Waals surface area contributed by atoms with Gasteiger partial charge in [-0.25, -0.2) is 12.2 Å². The van der Waals surface area contributed by atoms with Crippen molar-refractivity contribution in [2.24, 2.45) is 0 Å². The number of hydrogen-bond acceptors (Lipinski definition) is 0. The summed E-state index contributed by atoms with van der Waals surface area (Å²) in [6.07, 6.45) is 12.2. The first-order valence-corrected chi connectivity index (χ1v) is 14.8. The van der Waals surface area contributed by atoms with Crippen molar-refractivity contribution in [1.29, 1.82) is 0 Å². The minimum atomic E-state index is 0. The number of fused-ring (bicyclic) bond motifs is 3. The Morgan fingerprint density at radius 2 is 1.46 bits per heavy atom. The van der Waals surface area contributed by atoms with Gasteiger partial charge in [0.05, 0.1) is 0 Å². The molecule has 0 unspecified atom stereocenters. The van der Waals surface area contributed by atoms with Gasteiger partial charge in [-0.15, -0.1) is 23.1 Å². The van der Waals surface area contributed by atoms with E-state index in [0.29, 0.717) is 0 Å². The molecule has 3 aromatic rings. The summed E-state index contributed by atoms with van der Waals surface area (Å²) in [7, 11) is 0. The molecule has 0 amide bonds. The fraction of sp³-hybridized carbons (Fsp3) is 0.361. The van der Waals surface area contributed by atoms with Crippen molar-refractivity contribution in [3.8, 4) is 11.1 Å². The van der Waals surface area contributed by atoms with Gasteiger partial charge in [0.15, 0.2) is 0 Å². The molecule has 3 aromatic carbocycles. The first-order chi connectivity index (χ1) is 17.4. The van der Waals surface area contributed by atoms with Gasteiger partial charge in [-0.3, -0.25) is 6.08 Å². The summed E-state index contributed by atoms with van der Waals surface area (Å²) in [5, 5.41) is 0. The van der Waals surface area contributed by atoms with Crippen molar-refractivity contribution >= 4 is 3.71 Å². The summed E-state index contributed by atoms with van der Waals surface area (Å²) in [5.74, 6) is 0. The van der Waals surface area contributed by atoms with Crippen LogP contribution >= 0.6 is 0 Å². The Hall–Kier alpha value is -1.53. The van der Waals surface area contributed by atoms with Gasteiger partial charge in [0.25, 0.3) is 0 Å². The average Bonchev–Trinajstić information content (AvgIpc) is 3.49. The number of hydrogen-bond donors (Lipinski definition) is 0. The van der Waals surface area contributed by atoms with Crippen LogP contribution in [0.2, 0.25) is 0 Å². The second kappa shape index (κ2) is 15.5. The Kier molecular flexibility index (Phi) is 14.1. The molecule has 0 saturated heterocycles. The van der Waals surface area contributed by atoms with Gasteiger partial charge in [-0.1, -0.05) is 71.6 Å². The Labute approximate surface area is 265 Å². The van der Waals surface area contributed by atoms with Gasteiger partial charge in [-0.2, -0.15) is 23.8 Å². The van der Waals surface area contributed by atoms with Crippen molar-refractivity contribution in [2.75, 3.05) is 0 Å². The van der Waals surface area contributed by atoms with Crippen LogP contribution in [0.4, 0.5) is 0 Å². The molecule has 0 bridgehead atoms. The van der Waals surface area contributed by atoms with Crippen LogP contribution in [0.25, 0.3) is 11.1 Å². The molecule has 39 heavy (non-hydrogen) atoms. The Balaban J connectivity index is 0.000000392. The first kappa shape index (κ1) is 35.5. The third-order valence-corrected chi connectivity index (χ3v) is 7.35. The monoisotopic (exact) mass is 634 g/mol. The van der Waals surface area contributed by atoms with E-state index in [1.165, 1.54) is 74.3 Å². The number of aryl methyl sites for hydroxylation is 2. The van der Waals surface area contributed by atoms with Crippen molar-refractivity contribution in [2.45, 2.75) is 85.5 Å². The molecule has 5 rings (SSSR count). The predicted octanol–water partition coefficient (Wildman–Crippen LogP) is 3.16. The van der Waals surface area contributed by atoms with E-state index in [-0.39, 0.29) is 35.6 Å². The quantitative estimate of drug-likeness (QED) is 0.297. The van der Waals surface area contributed by atoms with E-state index in [4.69, 9.17) is 0 Å². The van der Waals surface area contributed by atoms with E-state index in [0.717, 1.165) is 19.3 Å². The maximum atomic E-state index is 3.69. The molecule has 0 aliphatic heterocycles. The summed E-state index contributed by atoms with van der Waals surface area (Å²) in [5.41, 5.74) is 13.0. The van der Waals surface area contributed by atoms with E-state index in [2.05, 4.69) is 120 Å². The number of halogens is 2. The second-order valence-electron chi connectivity index (χ2n) is 12.1. The second-order valence-corrected chi connectivity index (χ2v) is 13.1. The van der Waals surface area contributed by atoms with E-state index >= 15 is 0 Å². The minimum absolute atomic E-state index is 0. The van der Waals surface area contributed by atoms with Crippen LogP contribution in [-0.2, 0) is 47.9 Å². The number of allylic oxidation sites excluding steroid dienone is 4. The van der Waals surface area contributed by atoms with Crippen LogP contribution in [0.15, 0.2) is 66.8 Å². The van der Waals surface area contributed by atoms with Crippen LogP contribution in [0.5, 0.6) is 0 Å². The zero-order chi connectivity index (χ0) is 27.2. The first-order valence-electron chi connectivity index (χ1n) is 13.4. The maximum absolute atomic E-state index is 3.69. The Morgan fingerprint density at radius 3 is 1.95 bits per heavy atom. The Morgan fingerprint density at radius 1 is 0.846 bits per heavy atom. The van der Waals surface area contributed by atoms with E-state index in [1.807, 2.05) is 18.2 Å². The molecule has 0 atom stereocenters. The zero-order valence-electron chi connectivity index (χ0n) is 24.8.